The van der Waals surface area contributed by atoms with Gasteiger partial charge in [0.1, 0.15) is 16.9 Å². The molecule has 0 bridgehead atoms. The molecule has 4 amide bonds. The lowest BCUT2D eigenvalue weighted by atomic mass is 9.73. The van der Waals surface area contributed by atoms with E-state index in [4.69, 9.17) is 14.7 Å². The molecule has 5 aliphatic rings. The van der Waals surface area contributed by atoms with Crippen molar-refractivity contribution >= 4 is 57.7 Å². The Kier molecular flexibility index (Phi) is 14.2. The Labute approximate surface area is 441 Å². The van der Waals surface area contributed by atoms with E-state index in [1.807, 2.05) is 80.5 Å². The molecular formula is C59H75FN10O5. The Morgan fingerprint density at radius 1 is 0.853 bits per heavy atom. The number of carbonyl (C=O) groups excluding carboxylic acids is 4. The van der Waals surface area contributed by atoms with Crippen molar-refractivity contribution in [2.45, 2.75) is 154 Å². The molecule has 2 aromatic heterocycles. The van der Waals surface area contributed by atoms with Crippen molar-refractivity contribution < 1.29 is 28.3 Å². The van der Waals surface area contributed by atoms with Gasteiger partial charge in [0.05, 0.1) is 28.6 Å². The number of nitrogens with zero attached hydrogens (tertiary/aromatic N) is 8. The molecule has 75 heavy (non-hydrogen) atoms. The summed E-state index contributed by atoms with van der Waals surface area (Å²) >= 11 is 0. The Hall–Kier alpha value is -6.55. The maximum Gasteiger partial charge on any atom is 0.410 e. The first-order valence-corrected chi connectivity index (χ1v) is 27.4. The van der Waals surface area contributed by atoms with E-state index in [1.54, 1.807) is 24.2 Å². The zero-order valence-corrected chi connectivity index (χ0v) is 45.3. The molecule has 1 saturated carbocycles. The number of imidazole rings is 1. The van der Waals surface area contributed by atoms with Gasteiger partial charge < -0.3 is 44.4 Å². The third kappa shape index (κ3) is 10.2. The summed E-state index contributed by atoms with van der Waals surface area (Å²) in [7, 11) is 2.07. The number of rotatable bonds is 11. The quantitative estimate of drug-likeness (QED) is 0.131. The third-order valence-corrected chi connectivity index (χ3v) is 16.5. The van der Waals surface area contributed by atoms with Crippen LogP contribution in [0.4, 0.5) is 32.1 Å². The van der Waals surface area contributed by atoms with E-state index in [9.17, 15) is 14.4 Å². The number of benzene rings is 3. The predicted molar refractivity (Wildman–Crippen MR) is 293 cm³/mol. The van der Waals surface area contributed by atoms with Crippen molar-refractivity contribution in [2.75, 3.05) is 61.4 Å². The minimum atomic E-state index is -0.783. The molecule has 0 radical (unpaired) electrons. The van der Waals surface area contributed by atoms with Gasteiger partial charge in [-0.15, -0.1) is 0 Å². The van der Waals surface area contributed by atoms with Crippen LogP contribution < -0.4 is 20.4 Å². The normalized spacial score (nSPS) is 20.2. The molecule has 4 aliphatic heterocycles. The van der Waals surface area contributed by atoms with E-state index in [2.05, 4.69) is 58.4 Å². The van der Waals surface area contributed by atoms with Crippen LogP contribution in [0.5, 0.6) is 0 Å². The van der Waals surface area contributed by atoms with E-state index in [1.165, 1.54) is 25.3 Å². The van der Waals surface area contributed by atoms with Gasteiger partial charge in [-0.3, -0.25) is 14.4 Å². The Balaban J connectivity index is 0.906. The van der Waals surface area contributed by atoms with Crippen molar-refractivity contribution in [1.29, 1.82) is 0 Å². The van der Waals surface area contributed by atoms with Crippen molar-refractivity contribution in [3.8, 4) is 11.3 Å². The first-order chi connectivity index (χ1) is 35.8. The fourth-order valence-corrected chi connectivity index (χ4v) is 12.2. The average molecular weight is 1020 g/mol. The summed E-state index contributed by atoms with van der Waals surface area (Å²) < 4.78 is 23.5. The van der Waals surface area contributed by atoms with E-state index < -0.39 is 16.8 Å². The molecule has 4 fully saturated rings. The number of aromatic nitrogens is 3. The zero-order chi connectivity index (χ0) is 53.1. The number of anilines is 4. The molecule has 398 valence electrons. The first-order valence-electron chi connectivity index (χ1n) is 27.4. The van der Waals surface area contributed by atoms with Gasteiger partial charge in [-0.05, 0) is 180 Å². The lowest BCUT2D eigenvalue weighted by Gasteiger charge is -2.48. The topological polar surface area (TPSA) is 148 Å². The fourth-order valence-electron chi connectivity index (χ4n) is 12.2. The molecule has 0 unspecified atom stereocenters. The highest BCUT2D eigenvalue weighted by atomic mass is 19.1. The number of hydrogen-bond acceptors (Lipinski definition) is 10. The monoisotopic (exact) mass is 1020 g/mol. The smallest absolute Gasteiger partial charge is 0.410 e. The highest BCUT2D eigenvalue weighted by Gasteiger charge is 2.56. The molecule has 6 heterocycles. The molecule has 16 heteroatoms. The number of likely N-dealkylation sites (tertiary alicyclic amines) is 3. The molecule has 5 aromatic rings. The number of pyridine rings is 1. The van der Waals surface area contributed by atoms with Gasteiger partial charge in [-0.25, -0.2) is 19.2 Å². The van der Waals surface area contributed by atoms with Crippen molar-refractivity contribution in [1.82, 2.24) is 34.6 Å². The van der Waals surface area contributed by atoms with E-state index in [-0.39, 0.29) is 53.7 Å². The highest BCUT2D eigenvalue weighted by molar-refractivity contribution is 6.10. The number of halogens is 1. The number of hydrogen-bond donors (Lipinski definition) is 2. The van der Waals surface area contributed by atoms with E-state index >= 15 is 9.18 Å². The number of fused-ring (bicyclic) bond motifs is 3. The molecule has 10 rings (SSSR count). The van der Waals surface area contributed by atoms with Gasteiger partial charge in [0, 0.05) is 91.5 Å². The summed E-state index contributed by atoms with van der Waals surface area (Å²) in [4.78, 5) is 76.1. The molecule has 0 atom stereocenters. The average Bonchev–Trinajstić information content (AvgIpc) is 3.90. The van der Waals surface area contributed by atoms with Gasteiger partial charge in [0.15, 0.2) is 5.82 Å². The van der Waals surface area contributed by atoms with E-state index in [0.29, 0.717) is 84.3 Å². The number of nitrogens with one attached hydrogen (secondary N) is 2. The molecule has 2 N–H and O–H groups in total. The van der Waals surface area contributed by atoms with Crippen LogP contribution in [0.15, 0.2) is 67.0 Å². The summed E-state index contributed by atoms with van der Waals surface area (Å²) in [6, 6.07) is 19.6. The lowest BCUT2D eigenvalue weighted by Crippen LogP contribution is -2.58. The summed E-state index contributed by atoms with van der Waals surface area (Å²) in [6.45, 7) is 19.6. The summed E-state index contributed by atoms with van der Waals surface area (Å²) in [6.07, 6.45) is 9.68. The van der Waals surface area contributed by atoms with E-state index in [0.717, 1.165) is 61.3 Å². The second-order valence-electron chi connectivity index (χ2n) is 23.4. The van der Waals surface area contributed by atoms with Crippen LogP contribution in [0, 0.1) is 12.7 Å². The van der Waals surface area contributed by atoms with Crippen molar-refractivity contribution in [3.63, 3.8) is 0 Å². The number of aryl methyl sites for hydroxylation is 1. The third-order valence-electron chi connectivity index (χ3n) is 16.5. The molecule has 3 saturated heterocycles. The highest BCUT2D eigenvalue weighted by Crippen LogP contribution is 2.52. The Morgan fingerprint density at radius 3 is 2.20 bits per heavy atom. The number of carbonyl (C=O) groups is 4. The van der Waals surface area contributed by atoms with Crippen LogP contribution in [0.25, 0.3) is 22.3 Å². The number of piperidine rings is 3. The minimum absolute atomic E-state index is 0.0222. The lowest BCUT2D eigenvalue weighted by molar-refractivity contribution is -0.125. The second-order valence-corrected chi connectivity index (χ2v) is 23.4. The minimum Gasteiger partial charge on any atom is -0.444 e. The summed E-state index contributed by atoms with van der Waals surface area (Å²) in [5.74, 6) is -0.327. The maximum atomic E-state index is 15.9. The Morgan fingerprint density at radius 2 is 1.55 bits per heavy atom. The number of amides is 4. The van der Waals surface area contributed by atoms with Crippen molar-refractivity contribution in [2.24, 2.45) is 0 Å². The fraction of sp³-hybridized carbons (Fsp3) is 0.525. The SMILES string of the molecule is Cc1cc(F)c(Nc2nc(-c3ccc4c(c3)N(C3CC(N5CCCCC5)C3)C(=O)C43CCN(C(=O)c4ccc(N(C)C5CCN(C(=O)OC(C)(C)C)CC5)cc4)CC3)cc3ncn(C(C)C)c23)cc1C(=O)NC(C)C. The van der Waals surface area contributed by atoms with Gasteiger partial charge in [0.25, 0.3) is 11.8 Å². The van der Waals surface area contributed by atoms with Crippen LogP contribution in [-0.4, -0.2) is 129 Å². The van der Waals surface area contributed by atoms with Crippen LogP contribution in [0.1, 0.15) is 144 Å². The summed E-state index contributed by atoms with van der Waals surface area (Å²) in [5.41, 5.74) is 6.00. The largest absolute Gasteiger partial charge is 0.444 e. The summed E-state index contributed by atoms with van der Waals surface area (Å²) in [5, 5.41) is 6.21. The molecule has 1 spiro atoms. The van der Waals surface area contributed by atoms with Gasteiger partial charge >= 0.3 is 6.09 Å². The first kappa shape index (κ1) is 51.9. The zero-order valence-electron chi connectivity index (χ0n) is 45.3. The van der Waals surface area contributed by atoms with Gasteiger partial charge in [0.2, 0.25) is 5.91 Å². The van der Waals surface area contributed by atoms with Crippen LogP contribution >= 0.6 is 0 Å². The standard InChI is InChI=1S/C59H75FN10O5/c1-36(2)62-54(71)45-33-49(47(60)29-38(45)5)64-53-52-50(61-35-69(52)37(3)4)34-48(63-53)40-15-18-46-51(30-40)70(44-31-43(32-44)66-23-11-10-12-24-66)56(73)59(46)21-27-67(28-22-59)55(72)39-13-16-41(17-14-39)65(9)42-19-25-68(26-20-42)57(74)75-58(6,7)8/h13-18,29-30,33-37,42-44H,10-12,19-28,31-32H2,1-9H3,(H,62,71)(H,63,64). The van der Waals surface area contributed by atoms with Crippen LogP contribution in [0.3, 0.4) is 0 Å². The molecule has 3 aromatic carbocycles. The van der Waals surface area contributed by atoms with Gasteiger partial charge in [-0.2, -0.15) is 0 Å². The van der Waals surface area contributed by atoms with Crippen LogP contribution in [0.2, 0.25) is 0 Å². The second kappa shape index (κ2) is 20.5. The van der Waals surface area contributed by atoms with Gasteiger partial charge in [-0.1, -0.05) is 18.6 Å². The van der Waals surface area contributed by atoms with Crippen LogP contribution in [-0.2, 0) is 14.9 Å². The number of ether oxygens (including phenoxy) is 1. The van der Waals surface area contributed by atoms with Crippen molar-refractivity contribution in [3.05, 3.63) is 95.1 Å². The maximum absolute atomic E-state index is 15.9. The Bertz CT molecular complexity index is 2970. The predicted octanol–water partition coefficient (Wildman–Crippen LogP) is 10.4. The molecule has 15 nitrogen and oxygen atoms in total. The molecule has 1 aliphatic carbocycles. The molecular weight excluding hydrogens is 948 g/mol.